The van der Waals surface area contributed by atoms with E-state index in [0.29, 0.717) is 11.7 Å². The van der Waals surface area contributed by atoms with E-state index in [1.54, 1.807) is 0 Å². The number of aliphatic hydroxyl groups excluding tert-OH is 1. The van der Waals surface area contributed by atoms with E-state index < -0.39 is 0 Å². The molecule has 0 heterocycles. The van der Waals surface area contributed by atoms with Crippen molar-refractivity contribution in [1.82, 2.24) is 0 Å². The Balaban J connectivity index is 1.74. The molecular formula is C18H25IO2. The van der Waals surface area contributed by atoms with Crippen LogP contribution in [0.1, 0.15) is 51.9 Å². The van der Waals surface area contributed by atoms with Crippen molar-refractivity contribution in [3.05, 3.63) is 23.3 Å². The van der Waals surface area contributed by atoms with Crippen LogP contribution in [-0.4, -0.2) is 20.9 Å². The highest BCUT2D eigenvalue weighted by Crippen LogP contribution is 2.44. The predicted octanol–water partition coefficient (Wildman–Crippen LogP) is 4.21. The molecule has 5 atom stereocenters. The minimum atomic E-state index is -0.203. The van der Waals surface area contributed by atoms with Gasteiger partial charge in [-0.05, 0) is 62.4 Å². The summed E-state index contributed by atoms with van der Waals surface area (Å²) in [6.07, 6.45) is 11.5. The molecule has 2 nitrogen and oxygen atoms in total. The third kappa shape index (κ3) is 3.29. The van der Waals surface area contributed by atoms with E-state index in [2.05, 4.69) is 41.7 Å². The van der Waals surface area contributed by atoms with Crippen LogP contribution < -0.4 is 0 Å². The number of allylic oxidation sites excluding steroid dienone is 4. The van der Waals surface area contributed by atoms with Crippen molar-refractivity contribution in [3.8, 4) is 0 Å². The van der Waals surface area contributed by atoms with E-state index in [-0.39, 0.29) is 17.9 Å². The largest absolute Gasteiger partial charge is 0.393 e. The van der Waals surface area contributed by atoms with Crippen molar-refractivity contribution in [2.24, 2.45) is 17.8 Å². The van der Waals surface area contributed by atoms with Crippen molar-refractivity contribution < 1.29 is 9.90 Å². The summed E-state index contributed by atoms with van der Waals surface area (Å²) < 4.78 is 0.761. The number of Topliss-reactive ketones (excluding diaryl/α,β-unsaturated/α-hetero) is 1. The Morgan fingerprint density at radius 2 is 2.05 bits per heavy atom. The van der Waals surface area contributed by atoms with E-state index in [0.717, 1.165) is 48.0 Å². The van der Waals surface area contributed by atoms with Gasteiger partial charge in [0, 0.05) is 9.84 Å². The number of carbonyl (C=O) groups excluding carboxylic acids is 1. The Labute approximate surface area is 141 Å². The second-order valence-electron chi connectivity index (χ2n) is 7.00. The number of aliphatic hydroxyl groups is 1. The van der Waals surface area contributed by atoms with Crippen LogP contribution in [-0.2, 0) is 4.79 Å². The first kappa shape index (κ1) is 15.7. The number of halogens is 1. The molecule has 0 saturated heterocycles. The number of rotatable bonds is 1. The van der Waals surface area contributed by atoms with Crippen molar-refractivity contribution in [3.63, 3.8) is 0 Å². The number of ketones is 1. The number of hydrogen-bond donors (Lipinski definition) is 1. The minimum absolute atomic E-state index is 0.171. The SMILES string of the molecule is C[C@@H]1C(O)CCC2C(=O)/C(=C/C3=CC[C@@H](I)CC3)CCC21. The molecule has 2 fully saturated rings. The minimum Gasteiger partial charge on any atom is -0.393 e. The highest BCUT2D eigenvalue weighted by atomic mass is 127. The zero-order valence-corrected chi connectivity index (χ0v) is 14.9. The van der Waals surface area contributed by atoms with E-state index >= 15 is 0 Å². The zero-order valence-electron chi connectivity index (χ0n) is 12.7. The van der Waals surface area contributed by atoms with Gasteiger partial charge >= 0.3 is 0 Å². The first-order chi connectivity index (χ1) is 10.1. The van der Waals surface area contributed by atoms with Crippen LogP contribution in [0, 0.1) is 17.8 Å². The van der Waals surface area contributed by atoms with Gasteiger partial charge in [-0.1, -0.05) is 47.2 Å². The molecule has 3 aliphatic rings. The van der Waals surface area contributed by atoms with E-state index in [9.17, 15) is 9.90 Å². The molecule has 3 unspecified atom stereocenters. The maximum Gasteiger partial charge on any atom is 0.162 e. The molecule has 0 spiro atoms. The quantitative estimate of drug-likeness (QED) is 0.407. The third-order valence-corrected chi connectivity index (χ3v) is 6.85. The topological polar surface area (TPSA) is 37.3 Å². The molecule has 0 amide bonds. The summed E-state index contributed by atoms with van der Waals surface area (Å²) in [6, 6.07) is 0. The summed E-state index contributed by atoms with van der Waals surface area (Å²) in [6.45, 7) is 2.12. The molecule has 0 aromatic carbocycles. The lowest BCUT2D eigenvalue weighted by atomic mass is 9.63. The number of alkyl halides is 1. The fourth-order valence-corrected chi connectivity index (χ4v) is 4.84. The van der Waals surface area contributed by atoms with Gasteiger partial charge in [-0.3, -0.25) is 4.79 Å². The van der Waals surface area contributed by atoms with Gasteiger partial charge in [0.25, 0.3) is 0 Å². The number of carbonyl (C=O) groups is 1. The lowest BCUT2D eigenvalue weighted by Gasteiger charge is -2.42. The summed E-state index contributed by atoms with van der Waals surface area (Å²) in [5, 5.41) is 10.0. The maximum atomic E-state index is 12.8. The van der Waals surface area contributed by atoms with Crippen LogP contribution in [0.2, 0.25) is 0 Å². The molecule has 21 heavy (non-hydrogen) atoms. The Morgan fingerprint density at radius 3 is 2.76 bits per heavy atom. The Morgan fingerprint density at radius 1 is 1.24 bits per heavy atom. The third-order valence-electron chi connectivity index (χ3n) is 5.71. The molecule has 3 rings (SSSR count). The molecule has 0 aromatic rings. The van der Waals surface area contributed by atoms with Gasteiger partial charge in [0.1, 0.15) is 0 Å². The van der Waals surface area contributed by atoms with Crippen LogP contribution in [0.4, 0.5) is 0 Å². The monoisotopic (exact) mass is 400 g/mol. The second kappa shape index (κ2) is 6.53. The Kier molecular flexibility index (Phi) is 4.89. The maximum absolute atomic E-state index is 12.8. The van der Waals surface area contributed by atoms with Crippen LogP contribution >= 0.6 is 22.6 Å². The highest BCUT2D eigenvalue weighted by Gasteiger charge is 2.42. The molecule has 3 aliphatic carbocycles. The normalized spacial score (nSPS) is 42.6. The van der Waals surface area contributed by atoms with E-state index in [1.165, 1.54) is 12.0 Å². The molecule has 0 aromatic heterocycles. The number of hydrogen-bond acceptors (Lipinski definition) is 2. The summed E-state index contributed by atoms with van der Waals surface area (Å²) in [5.74, 6) is 1.23. The van der Waals surface area contributed by atoms with Crippen LogP contribution in [0.3, 0.4) is 0 Å². The summed E-state index contributed by atoms with van der Waals surface area (Å²) in [7, 11) is 0. The van der Waals surface area contributed by atoms with Crippen molar-refractivity contribution in [2.45, 2.75) is 61.9 Å². The van der Waals surface area contributed by atoms with E-state index in [4.69, 9.17) is 0 Å². The van der Waals surface area contributed by atoms with Crippen LogP contribution in [0.25, 0.3) is 0 Å². The van der Waals surface area contributed by atoms with Gasteiger partial charge in [0.15, 0.2) is 5.78 Å². The fourth-order valence-electron chi connectivity index (χ4n) is 4.27. The van der Waals surface area contributed by atoms with Gasteiger partial charge < -0.3 is 5.11 Å². The van der Waals surface area contributed by atoms with E-state index in [1.807, 2.05) is 0 Å². The van der Waals surface area contributed by atoms with Crippen molar-refractivity contribution in [2.75, 3.05) is 0 Å². The lowest BCUT2D eigenvalue weighted by Crippen LogP contribution is -2.42. The standard InChI is InChI=1S/C18H25IO2/c1-11-15-7-4-13(10-12-2-5-14(19)6-3-12)18(21)16(15)8-9-17(11)20/h2,10-11,14-17,20H,3-9H2,1H3/b13-10+/t11-,14+,15?,16?,17?/m0/s1. The van der Waals surface area contributed by atoms with Gasteiger partial charge in [-0.15, -0.1) is 0 Å². The Bertz CT molecular complexity index is 480. The van der Waals surface area contributed by atoms with Crippen LogP contribution in [0.5, 0.6) is 0 Å². The second-order valence-corrected chi connectivity index (χ2v) is 8.76. The summed E-state index contributed by atoms with van der Waals surface area (Å²) >= 11 is 2.51. The zero-order chi connectivity index (χ0) is 15.0. The van der Waals surface area contributed by atoms with Crippen molar-refractivity contribution >= 4 is 28.4 Å². The summed E-state index contributed by atoms with van der Waals surface area (Å²) in [5.41, 5.74) is 2.42. The fraction of sp³-hybridized carbons (Fsp3) is 0.722. The number of fused-ring (bicyclic) bond motifs is 1. The molecule has 116 valence electrons. The molecule has 2 saturated carbocycles. The molecule has 1 N–H and O–H groups in total. The van der Waals surface area contributed by atoms with Gasteiger partial charge in [-0.2, -0.15) is 0 Å². The van der Waals surface area contributed by atoms with Gasteiger partial charge in [-0.25, -0.2) is 0 Å². The first-order valence-electron chi connectivity index (χ1n) is 8.32. The van der Waals surface area contributed by atoms with Gasteiger partial charge in [0.05, 0.1) is 6.10 Å². The average molecular weight is 400 g/mol. The van der Waals surface area contributed by atoms with Crippen molar-refractivity contribution in [1.29, 1.82) is 0 Å². The molecular weight excluding hydrogens is 375 g/mol. The molecule has 0 aliphatic heterocycles. The molecule has 0 radical (unpaired) electrons. The predicted molar refractivity (Wildman–Crippen MR) is 93.5 cm³/mol. The summed E-state index contributed by atoms with van der Waals surface area (Å²) in [4.78, 5) is 12.8. The lowest BCUT2D eigenvalue weighted by molar-refractivity contribution is -0.127. The van der Waals surface area contributed by atoms with Gasteiger partial charge in [0.2, 0.25) is 0 Å². The van der Waals surface area contributed by atoms with Crippen LogP contribution in [0.15, 0.2) is 23.3 Å². The Hall–Kier alpha value is -0.160. The molecule has 0 bridgehead atoms. The average Bonchev–Trinajstić information content (AvgIpc) is 2.48. The highest BCUT2D eigenvalue weighted by molar-refractivity contribution is 14.1. The first-order valence-corrected chi connectivity index (χ1v) is 9.56. The smallest absolute Gasteiger partial charge is 0.162 e. The molecule has 3 heteroatoms.